The van der Waals surface area contributed by atoms with Gasteiger partial charge in [-0.2, -0.15) is 13.2 Å². The molecular weight excluding hydrogens is 342 g/mol. The van der Waals surface area contributed by atoms with E-state index in [1.807, 2.05) is 0 Å². The molecule has 0 aliphatic carbocycles. The number of Topliss-reactive ketones (excluding diaryl/α,β-unsaturated/α-hetero) is 1. The van der Waals surface area contributed by atoms with Gasteiger partial charge in [-0.05, 0) is 13.8 Å². The number of hydrogen-bond donors (Lipinski definition) is 1. The minimum Gasteiger partial charge on any atom is -0.654 e. The van der Waals surface area contributed by atoms with Gasteiger partial charge in [0.15, 0.2) is 5.78 Å². The van der Waals surface area contributed by atoms with E-state index in [0.717, 1.165) is 6.92 Å². The largest absolute Gasteiger partial charge is 0.654 e. The van der Waals surface area contributed by atoms with Gasteiger partial charge in [-0.1, -0.05) is 71.6 Å². The summed E-state index contributed by atoms with van der Waals surface area (Å²) in [4.78, 5) is 14.4. The van der Waals surface area contributed by atoms with Gasteiger partial charge in [0.1, 0.15) is 5.57 Å². The minimum absolute atomic E-state index is 0.0451. The smallest absolute Gasteiger partial charge is 0.506 e. The van der Waals surface area contributed by atoms with Crippen molar-refractivity contribution in [3.05, 3.63) is 72.0 Å². The van der Waals surface area contributed by atoms with Gasteiger partial charge in [-0.15, -0.1) is 0 Å². The van der Waals surface area contributed by atoms with Crippen LogP contribution in [0.25, 0.3) is 0 Å². The molecule has 134 valence electrons. The average Bonchev–Trinajstić information content (AvgIpc) is 2.61. The van der Waals surface area contributed by atoms with Crippen LogP contribution in [0.4, 0.5) is 13.2 Å². The molecule has 1 aliphatic rings. The Kier molecular flexibility index (Phi) is 4.48. The van der Waals surface area contributed by atoms with Crippen molar-refractivity contribution in [3.8, 4) is 0 Å². The van der Waals surface area contributed by atoms with Crippen molar-refractivity contribution in [2.45, 2.75) is 20.0 Å². The van der Waals surface area contributed by atoms with Crippen LogP contribution < -0.4 is 15.8 Å². The molecule has 2 aromatic rings. The molecule has 0 saturated heterocycles. The second-order valence-corrected chi connectivity index (χ2v) is 6.23. The van der Waals surface area contributed by atoms with Crippen molar-refractivity contribution in [3.63, 3.8) is 0 Å². The lowest BCUT2D eigenvalue weighted by atomic mass is 9.42. The third kappa shape index (κ3) is 3.05. The van der Waals surface area contributed by atoms with E-state index < -0.39 is 29.7 Å². The molecule has 0 saturated carbocycles. The van der Waals surface area contributed by atoms with E-state index in [1.54, 1.807) is 60.7 Å². The van der Waals surface area contributed by atoms with Gasteiger partial charge in [0.2, 0.25) is 5.71 Å². The molecule has 0 bridgehead atoms. The number of allylic oxidation sites excluding steroid dienone is 2. The maximum atomic E-state index is 13.8. The average molecular weight is 359 g/mol. The molecule has 0 atom stereocenters. The first-order valence-electron chi connectivity index (χ1n) is 8.15. The molecule has 1 N–H and O–H groups in total. The summed E-state index contributed by atoms with van der Waals surface area (Å²) in [7, 11) is 0. The van der Waals surface area contributed by atoms with E-state index in [9.17, 15) is 18.0 Å². The molecule has 0 aromatic heterocycles. The fourth-order valence-corrected chi connectivity index (χ4v) is 3.40. The number of benzene rings is 2. The number of nitrogens with one attached hydrogen (secondary N) is 1. The van der Waals surface area contributed by atoms with Crippen molar-refractivity contribution in [2.24, 2.45) is 0 Å². The summed E-state index contributed by atoms with van der Waals surface area (Å²) in [6, 6.07) is 17.3. The van der Waals surface area contributed by atoms with Gasteiger partial charge in [0.25, 0.3) is 0 Å². The van der Waals surface area contributed by atoms with Crippen molar-refractivity contribution in [1.82, 2.24) is 0 Å². The van der Waals surface area contributed by atoms with Crippen LogP contribution in [0.2, 0.25) is 0 Å². The standard InChI is InChI=1S/C19H17BF3NO2/c1-13(25)17-14(2)26-20(15-9-5-3-6-10-15,16-11-7-4-8-12-16)24-18(17)19(21,22)23/h3-12,24H,1-2H3. The van der Waals surface area contributed by atoms with Crippen LogP contribution in [0.5, 0.6) is 0 Å². The molecule has 0 fully saturated rings. The number of carbonyl (C=O) groups is 1. The predicted molar refractivity (Wildman–Crippen MR) is 94.4 cm³/mol. The van der Waals surface area contributed by atoms with Crippen LogP contribution in [-0.4, -0.2) is 24.2 Å². The Morgan fingerprint density at radius 3 is 1.81 bits per heavy atom. The van der Waals surface area contributed by atoms with E-state index in [1.165, 1.54) is 6.92 Å². The number of alkyl halides is 3. The number of ketones is 1. The number of hydrogen-bond acceptors (Lipinski definition) is 2. The van der Waals surface area contributed by atoms with Crippen molar-refractivity contribution in [2.75, 3.05) is 0 Å². The molecule has 26 heavy (non-hydrogen) atoms. The topological polar surface area (TPSA) is 40.3 Å². The summed E-state index contributed by atoms with van der Waals surface area (Å²) in [5, 5.41) is 0. The summed E-state index contributed by atoms with van der Waals surface area (Å²) >= 11 is 0. The van der Waals surface area contributed by atoms with E-state index >= 15 is 0 Å². The number of rotatable bonds is 3. The molecule has 3 nitrogen and oxygen atoms in total. The zero-order valence-electron chi connectivity index (χ0n) is 14.3. The van der Waals surface area contributed by atoms with Crippen LogP contribution in [0, 0.1) is 0 Å². The van der Waals surface area contributed by atoms with Crippen LogP contribution in [0.15, 0.2) is 72.0 Å². The highest BCUT2D eigenvalue weighted by atomic mass is 19.4. The summed E-state index contributed by atoms with van der Waals surface area (Å²) in [6.07, 6.45) is -4.72. The molecule has 1 aliphatic heterocycles. The molecule has 0 radical (unpaired) electrons. The maximum absolute atomic E-state index is 13.8. The molecule has 2 aromatic carbocycles. The van der Waals surface area contributed by atoms with Crippen LogP contribution in [0.3, 0.4) is 0 Å². The monoisotopic (exact) mass is 359 g/mol. The lowest BCUT2D eigenvalue weighted by Crippen LogP contribution is -3.03. The fourth-order valence-electron chi connectivity index (χ4n) is 3.40. The lowest BCUT2D eigenvalue weighted by molar-refractivity contribution is -0.339. The molecule has 0 amide bonds. The van der Waals surface area contributed by atoms with Gasteiger partial charge in [0.05, 0.1) is 5.76 Å². The van der Waals surface area contributed by atoms with Gasteiger partial charge in [-0.3, -0.25) is 4.79 Å². The second-order valence-electron chi connectivity index (χ2n) is 6.23. The third-order valence-corrected chi connectivity index (χ3v) is 4.48. The van der Waals surface area contributed by atoms with Gasteiger partial charge in [-0.25, -0.2) is 0 Å². The van der Waals surface area contributed by atoms with E-state index in [4.69, 9.17) is 4.65 Å². The van der Waals surface area contributed by atoms with Crippen LogP contribution in [0.1, 0.15) is 13.8 Å². The van der Waals surface area contributed by atoms with Crippen LogP contribution >= 0.6 is 0 Å². The Morgan fingerprint density at radius 1 is 0.962 bits per heavy atom. The zero-order valence-corrected chi connectivity index (χ0v) is 14.3. The van der Waals surface area contributed by atoms with Crippen molar-refractivity contribution < 1.29 is 27.5 Å². The zero-order chi connectivity index (χ0) is 18.9. The Bertz CT molecular complexity index is 851. The fraction of sp³-hybridized carbons (Fsp3) is 0.158. The predicted octanol–water partition coefficient (Wildman–Crippen LogP) is 1.22. The summed E-state index contributed by atoms with van der Waals surface area (Å²) < 4.78 is 47.3. The van der Waals surface area contributed by atoms with Crippen molar-refractivity contribution >= 4 is 28.9 Å². The number of carbonyl (C=O) groups excluding carboxylic acids is 1. The molecule has 1 heterocycles. The number of halogens is 3. The summed E-state index contributed by atoms with van der Waals surface area (Å²) in [5.74, 6) is -0.746. The molecule has 7 heteroatoms. The van der Waals surface area contributed by atoms with Crippen LogP contribution in [-0.2, 0) is 9.45 Å². The Hall–Kier alpha value is -2.83. The second kappa shape index (κ2) is 6.48. The molecular formula is C19H17BF3NO2. The van der Waals surface area contributed by atoms with Gasteiger partial charge < -0.3 is 9.56 Å². The molecule has 0 spiro atoms. The molecule has 3 rings (SSSR count). The van der Waals surface area contributed by atoms with Gasteiger partial charge in [0, 0.05) is 0 Å². The maximum Gasteiger partial charge on any atom is 0.506 e. The quantitative estimate of drug-likeness (QED) is 0.838. The summed E-state index contributed by atoms with van der Waals surface area (Å²) in [5.41, 5.74) is -0.423. The van der Waals surface area contributed by atoms with E-state index in [2.05, 4.69) is 4.90 Å². The minimum atomic E-state index is -4.72. The Labute approximate surface area is 149 Å². The SMILES string of the molecule is CC(=O)C1=C(C)O[B-](c2ccccc2)(c2ccccc2)[NH+]=C1C(F)(F)F. The highest BCUT2D eigenvalue weighted by Gasteiger charge is 2.53. The lowest BCUT2D eigenvalue weighted by Gasteiger charge is -2.38. The highest BCUT2D eigenvalue weighted by molar-refractivity contribution is 6.91. The third-order valence-electron chi connectivity index (χ3n) is 4.48. The van der Waals surface area contributed by atoms with E-state index in [-0.39, 0.29) is 5.76 Å². The summed E-state index contributed by atoms with van der Waals surface area (Å²) in [6.45, 7) is 0.0556. The Balaban J connectivity index is 2.34. The van der Waals surface area contributed by atoms with Crippen molar-refractivity contribution in [1.29, 1.82) is 0 Å². The van der Waals surface area contributed by atoms with E-state index in [0.29, 0.717) is 10.9 Å². The Morgan fingerprint density at radius 2 is 1.42 bits per heavy atom. The molecule has 0 unspecified atom stereocenters. The first-order chi connectivity index (χ1) is 12.3. The normalized spacial score (nSPS) is 16.7. The first-order valence-corrected chi connectivity index (χ1v) is 8.15. The van der Waals surface area contributed by atoms with Gasteiger partial charge >= 0.3 is 12.7 Å². The highest BCUT2D eigenvalue weighted by Crippen LogP contribution is 2.25. The first kappa shape index (κ1) is 18.0.